The van der Waals surface area contributed by atoms with Crippen LogP contribution in [0.15, 0.2) is 18.2 Å². The van der Waals surface area contributed by atoms with Crippen molar-refractivity contribution in [3.63, 3.8) is 0 Å². The molecule has 1 aliphatic heterocycles. The molecule has 0 unspecified atom stereocenters. The van der Waals surface area contributed by atoms with Gasteiger partial charge in [0.15, 0.2) is 11.5 Å². The normalized spacial score (nSPS) is 13.3. The Balaban J connectivity index is 2.00. The average Bonchev–Trinajstić information content (AvgIpc) is 2.35. The molecule has 92 valence electrons. The molecule has 0 N–H and O–H groups in total. The third-order valence-electron chi connectivity index (χ3n) is 2.88. The monoisotopic (exact) mass is 235 g/mol. The molecule has 1 aliphatic rings. The number of hydrogen-bond donors (Lipinski definition) is 0. The van der Waals surface area contributed by atoms with Crippen LogP contribution in [0.2, 0.25) is 0 Å². The van der Waals surface area contributed by atoms with E-state index in [2.05, 4.69) is 0 Å². The second-order valence-electron chi connectivity index (χ2n) is 4.17. The fourth-order valence-electron chi connectivity index (χ4n) is 1.70. The van der Waals surface area contributed by atoms with Crippen LogP contribution in [0.1, 0.15) is 12.5 Å². The lowest BCUT2D eigenvalue weighted by Gasteiger charge is -2.19. The van der Waals surface area contributed by atoms with Crippen molar-refractivity contribution in [3.8, 4) is 11.5 Å². The minimum absolute atomic E-state index is 0.0857. The number of carbonyl (C=O) groups is 1. The van der Waals surface area contributed by atoms with Crippen LogP contribution in [0.5, 0.6) is 11.5 Å². The first-order chi connectivity index (χ1) is 8.16. The third kappa shape index (κ3) is 2.90. The molecule has 1 amide bonds. The van der Waals surface area contributed by atoms with E-state index in [1.807, 2.05) is 18.2 Å². The first kappa shape index (κ1) is 11.8. The van der Waals surface area contributed by atoms with Gasteiger partial charge in [0.05, 0.1) is 0 Å². The molecule has 1 aromatic rings. The summed E-state index contributed by atoms with van der Waals surface area (Å²) in [5.41, 5.74) is 1.15. The standard InChI is InChI=1S/C13H17NO3/c1-10(15)14(2)6-5-11-3-4-12-13(9-11)17-8-7-16-12/h3-4,9H,5-8H2,1-2H3. The van der Waals surface area contributed by atoms with E-state index in [4.69, 9.17) is 9.47 Å². The van der Waals surface area contributed by atoms with Gasteiger partial charge in [-0.2, -0.15) is 0 Å². The van der Waals surface area contributed by atoms with Gasteiger partial charge >= 0.3 is 0 Å². The topological polar surface area (TPSA) is 38.8 Å². The zero-order chi connectivity index (χ0) is 12.3. The Bertz CT molecular complexity index is 417. The highest BCUT2D eigenvalue weighted by Gasteiger charge is 2.12. The molecular formula is C13H17NO3. The summed E-state index contributed by atoms with van der Waals surface area (Å²) < 4.78 is 11.0. The number of fused-ring (bicyclic) bond motifs is 1. The van der Waals surface area contributed by atoms with E-state index in [1.54, 1.807) is 18.9 Å². The summed E-state index contributed by atoms with van der Waals surface area (Å²) in [6, 6.07) is 5.93. The molecule has 0 saturated carbocycles. The maximum absolute atomic E-state index is 11.1. The lowest BCUT2D eigenvalue weighted by molar-refractivity contribution is -0.127. The number of rotatable bonds is 3. The van der Waals surface area contributed by atoms with Gasteiger partial charge in [-0.25, -0.2) is 0 Å². The van der Waals surface area contributed by atoms with Gasteiger partial charge in [0, 0.05) is 20.5 Å². The first-order valence-electron chi connectivity index (χ1n) is 5.77. The van der Waals surface area contributed by atoms with Crippen LogP contribution in [0.3, 0.4) is 0 Å². The van der Waals surface area contributed by atoms with Crippen molar-refractivity contribution in [1.82, 2.24) is 4.90 Å². The summed E-state index contributed by atoms with van der Waals surface area (Å²) in [7, 11) is 1.81. The molecule has 1 aromatic carbocycles. The Kier molecular flexibility index (Phi) is 3.52. The molecule has 4 nitrogen and oxygen atoms in total. The van der Waals surface area contributed by atoms with Crippen molar-refractivity contribution in [2.75, 3.05) is 26.8 Å². The number of ether oxygens (including phenoxy) is 2. The highest BCUT2D eigenvalue weighted by atomic mass is 16.6. The van der Waals surface area contributed by atoms with Gasteiger partial charge in [-0.1, -0.05) is 6.07 Å². The second-order valence-corrected chi connectivity index (χ2v) is 4.17. The summed E-state index contributed by atoms with van der Waals surface area (Å²) in [4.78, 5) is 12.8. The van der Waals surface area contributed by atoms with Gasteiger partial charge in [-0.05, 0) is 24.1 Å². The highest BCUT2D eigenvalue weighted by Crippen LogP contribution is 2.30. The van der Waals surface area contributed by atoms with E-state index >= 15 is 0 Å². The molecule has 0 spiro atoms. The van der Waals surface area contributed by atoms with Crippen LogP contribution in [-0.2, 0) is 11.2 Å². The predicted octanol–water partition coefficient (Wildman–Crippen LogP) is 1.48. The minimum atomic E-state index is 0.0857. The fourth-order valence-corrected chi connectivity index (χ4v) is 1.70. The van der Waals surface area contributed by atoms with E-state index in [-0.39, 0.29) is 5.91 Å². The van der Waals surface area contributed by atoms with Gasteiger partial charge in [-0.15, -0.1) is 0 Å². The lowest BCUT2D eigenvalue weighted by atomic mass is 10.1. The Hall–Kier alpha value is -1.71. The quantitative estimate of drug-likeness (QED) is 0.796. The van der Waals surface area contributed by atoms with Gasteiger partial charge < -0.3 is 14.4 Å². The van der Waals surface area contributed by atoms with Gasteiger partial charge in [-0.3, -0.25) is 4.79 Å². The Morgan fingerprint density at radius 3 is 2.71 bits per heavy atom. The van der Waals surface area contributed by atoms with Crippen LogP contribution < -0.4 is 9.47 Å². The molecule has 0 atom stereocenters. The predicted molar refractivity (Wildman–Crippen MR) is 64.4 cm³/mol. The average molecular weight is 235 g/mol. The van der Waals surface area contributed by atoms with Crippen molar-refractivity contribution in [2.24, 2.45) is 0 Å². The summed E-state index contributed by atoms with van der Waals surface area (Å²) in [5.74, 6) is 1.70. The molecule has 1 heterocycles. The minimum Gasteiger partial charge on any atom is -0.486 e. The Labute approximate surface area is 101 Å². The molecule has 0 radical (unpaired) electrons. The number of benzene rings is 1. The summed E-state index contributed by atoms with van der Waals surface area (Å²) in [6.07, 6.45) is 0.826. The van der Waals surface area contributed by atoms with E-state index < -0.39 is 0 Å². The van der Waals surface area contributed by atoms with Crippen LogP contribution >= 0.6 is 0 Å². The molecule has 0 saturated heterocycles. The molecule has 17 heavy (non-hydrogen) atoms. The van der Waals surface area contributed by atoms with Crippen molar-refractivity contribution in [3.05, 3.63) is 23.8 Å². The number of amides is 1. The molecular weight excluding hydrogens is 218 g/mol. The first-order valence-corrected chi connectivity index (χ1v) is 5.77. The number of likely N-dealkylation sites (N-methyl/N-ethyl adjacent to an activating group) is 1. The molecule has 2 rings (SSSR count). The molecule has 0 bridgehead atoms. The van der Waals surface area contributed by atoms with Crippen molar-refractivity contribution in [2.45, 2.75) is 13.3 Å². The van der Waals surface area contributed by atoms with Crippen molar-refractivity contribution in [1.29, 1.82) is 0 Å². The SMILES string of the molecule is CC(=O)N(C)CCc1ccc2c(c1)OCCO2. The highest BCUT2D eigenvalue weighted by molar-refractivity contribution is 5.72. The fraction of sp³-hybridized carbons (Fsp3) is 0.462. The van der Waals surface area contributed by atoms with E-state index in [1.165, 1.54) is 0 Å². The zero-order valence-electron chi connectivity index (χ0n) is 10.2. The van der Waals surface area contributed by atoms with Crippen LogP contribution in [0, 0.1) is 0 Å². The number of hydrogen-bond acceptors (Lipinski definition) is 3. The van der Waals surface area contributed by atoms with Crippen molar-refractivity contribution < 1.29 is 14.3 Å². The maximum Gasteiger partial charge on any atom is 0.219 e. The van der Waals surface area contributed by atoms with Crippen molar-refractivity contribution >= 4 is 5.91 Å². The summed E-state index contributed by atoms with van der Waals surface area (Å²) in [6.45, 7) is 3.50. The van der Waals surface area contributed by atoms with E-state index in [0.29, 0.717) is 13.2 Å². The van der Waals surface area contributed by atoms with E-state index in [9.17, 15) is 4.79 Å². The van der Waals surface area contributed by atoms with E-state index in [0.717, 1.165) is 30.0 Å². The molecule has 0 aromatic heterocycles. The van der Waals surface area contributed by atoms with Gasteiger partial charge in [0.2, 0.25) is 5.91 Å². The third-order valence-corrected chi connectivity index (χ3v) is 2.88. The summed E-state index contributed by atoms with van der Waals surface area (Å²) in [5, 5.41) is 0. The summed E-state index contributed by atoms with van der Waals surface area (Å²) >= 11 is 0. The smallest absolute Gasteiger partial charge is 0.219 e. The van der Waals surface area contributed by atoms with Crippen LogP contribution in [0.25, 0.3) is 0 Å². The van der Waals surface area contributed by atoms with Gasteiger partial charge in [0.25, 0.3) is 0 Å². The van der Waals surface area contributed by atoms with Gasteiger partial charge in [0.1, 0.15) is 13.2 Å². The lowest BCUT2D eigenvalue weighted by Crippen LogP contribution is -2.26. The zero-order valence-corrected chi connectivity index (χ0v) is 10.2. The largest absolute Gasteiger partial charge is 0.486 e. The molecule has 0 aliphatic carbocycles. The molecule has 0 fully saturated rings. The molecule has 4 heteroatoms. The number of nitrogens with zero attached hydrogens (tertiary/aromatic N) is 1. The van der Waals surface area contributed by atoms with Crippen LogP contribution in [-0.4, -0.2) is 37.6 Å². The Morgan fingerprint density at radius 2 is 2.00 bits per heavy atom. The number of carbonyl (C=O) groups excluding carboxylic acids is 1. The maximum atomic E-state index is 11.1. The Morgan fingerprint density at radius 1 is 1.29 bits per heavy atom. The van der Waals surface area contributed by atoms with Crippen LogP contribution in [0.4, 0.5) is 0 Å². The second kappa shape index (κ2) is 5.08.